The summed E-state index contributed by atoms with van der Waals surface area (Å²) in [5.74, 6) is 0. The number of pyridine rings is 1. The molecule has 0 amide bonds. The third-order valence-corrected chi connectivity index (χ3v) is 2.19. The standard InChI is InChI=1S/C9H10N2O/c1-6-5-7-3-4-10-9(12)8(7)11(6)2/h3-5H,1-2H3,(H,10,12). The Morgan fingerprint density at radius 1 is 1.50 bits per heavy atom. The molecule has 0 aliphatic rings. The van der Waals surface area contributed by atoms with Gasteiger partial charge in [0.25, 0.3) is 5.56 Å². The number of hydrogen-bond donors (Lipinski definition) is 1. The molecule has 0 aromatic carbocycles. The van der Waals surface area contributed by atoms with Crippen LogP contribution in [0, 0.1) is 6.92 Å². The zero-order valence-electron chi connectivity index (χ0n) is 7.09. The Kier molecular flexibility index (Phi) is 1.33. The molecule has 0 bridgehead atoms. The number of H-pyrrole nitrogens is 1. The summed E-state index contributed by atoms with van der Waals surface area (Å²) in [7, 11) is 1.90. The highest BCUT2D eigenvalue weighted by Gasteiger charge is 2.03. The van der Waals surface area contributed by atoms with E-state index >= 15 is 0 Å². The van der Waals surface area contributed by atoms with Crippen LogP contribution in [0.3, 0.4) is 0 Å². The summed E-state index contributed by atoms with van der Waals surface area (Å²) in [6.45, 7) is 1.99. The van der Waals surface area contributed by atoms with Crippen molar-refractivity contribution in [3.63, 3.8) is 0 Å². The van der Waals surface area contributed by atoms with Crippen LogP contribution in [0.1, 0.15) is 5.69 Å². The first kappa shape index (κ1) is 7.16. The molecule has 0 saturated heterocycles. The fourth-order valence-corrected chi connectivity index (χ4v) is 1.45. The Hall–Kier alpha value is -1.51. The smallest absolute Gasteiger partial charge is 0.272 e. The molecule has 2 rings (SSSR count). The Morgan fingerprint density at radius 3 is 2.92 bits per heavy atom. The molecular weight excluding hydrogens is 152 g/mol. The van der Waals surface area contributed by atoms with Gasteiger partial charge in [0.05, 0.1) is 0 Å². The monoisotopic (exact) mass is 162 g/mol. The minimum atomic E-state index is -0.0249. The Balaban J connectivity index is 3.07. The number of rotatable bonds is 0. The van der Waals surface area contributed by atoms with Gasteiger partial charge in [-0.1, -0.05) is 0 Å². The van der Waals surface area contributed by atoms with Crippen molar-refractivity contribution in [1.82, 2.24) is 9.55 Å². The molecule has 3 heteroatoms. The lowest BCUT2D eigenvalue weighted by Gasteiger charge is -1.95. The third-order valence-electron chi connectivity index (χ3n) is 2.19. The maximum Gasteiger partial charge on any atom is 0.272 e. The van der Waals surface area contributed by atoms with Crippen LogP contribution in [0.5, 0.6) is 0 Å². The zero-order chi connectivity index (χ0) is 8.72. The second-order valence-electron chi connectivity index (χ2n) is 2.96. The van der Waals surface area contributed by atoms with Crippen molar-refractivity contribution in [3.05, 3.63) is 34.4 Å². The number of hydrogen-bond acceptors (Lipinski definition) is 1. The Morgan fingerprint density at radius 2 is 2.25 bits per heavy atom. The first-order valence-corrected chi connectivity index (χ1v) is 3.84. The summed E-state index contributed by atoms with van der Waals surface area (Å²) in [6, 6.07) is 3.91. The van der Waals surface area contributed by atoms with Crippen LogP contribution in [-0.2, 0) is 7.05 Å². The maximum absolute atomic E-state index is 11.3. The van der Waals surface area contributed by atoms with E-state index in [2.05, 4.69) is 4.98 Å². The molecule has 0 aliphatic heterocycles. The molecule has 0 radical (unpaired) electrons. The van der Waals surface area contributed by atoms with Crippen molar-refractivity contribution in [3.8, 4) is 0 Å². The molecule has 0 fully saturated rings. The van der Waals surface area contributed by atoms with Crippen LogP contribution >= 0.6 is 0 Å². The van der Waals surface area contributed by atoms with Crippen LogP contribution in [0.4, 0.5) is 0 Å². The van der Waals surface area contributed by atoms with Crippen molar-refractivity contribution < 1.29 is 0 Å². The van der Waals surface area contributed by atoms with E-state index in [9.17, 15) is 4.79 Å². The van der Waals surface area contributed by atoms with Crippen molar-refractivity contribution in [2.75, 3.05) is 0 Å². The normalized spacial score (nSPS) is 10.8. The molecule has 2 aromatic heterocycles. The van der Waals surface area contributed by atoms with Crippen molar-refractivity contribution in [2.45, 2.75) is 6.92 Å². The van der Waals surface area contributed by atoms with Crippen molar-refractivity contribution in [2.24, 2.45) is 7.05 Å². The highest BCUT2D eigenvalue weighted by atomic mass is 16.1. The lowest BCUT2D eigenvalue weighted by Crippen LogP contribution is -2.08. The fraction of sp³-hybridized carbons (Fsp3) is 0.222. The molecule has 12 heavy (non-hydrogen) atoms. The summed E-state index contributed by atoms with van der Waals surface area (Å²) in [4.78, 5) is 14.0. The lowest BCUT2D eigenvalue weighted by molar-refractivity contribution is 0.910. The van der Waals surface area contributed by atoms with Crippen LogP contribution in [0.15, 0.2) is 23.1 Å². The van der Waals surface area contributed by atoms with Crippen LogP contribution in [-0.4, -0.2) is 9.55 Å². The average molecular weight is 162 g/mol. The molecule has 0 aliphatic carbocycles. The van der Waals surface area contributed by atoms with Crippen molar-refractivity contribution >= 4 is 10.9 Å². The van der Waals surface area contributed by atoms with E-state index < -0.39 is 0 Å². The van der Waals surface area contributed by atoms with Gasteiger partial charge in [0.15, 0.2) is 0 Å². The van der Waals surface area contributed by atoms with Gasteiger partial charge in [0, 0.05) is 24.3 Å². The van der Waals surface area contributed by atoms with E-state index in [0.29, 0.717) is 0 Å². The van der Waals surface area contributed by atoms with Gasteiger partial charge in [-0.2, -0.15) is 0 Å². The lowest BCUT2D eigenvalue weighted by atomic mass is 10.3. The second kappa shape index (κ2) is 2.24. The number of aryl methyl sites for hydroxylation is 2. The Bertz CT molecular complexity index is 479. The molecule has 0 saturated carbocycles. The second-order valence-corrected chi connectivity index (χ2v) is 2.96. The third kappa shape index (κ3) is 0.794. The predicted molar refractivity (Wildman–Crippen MR) is 48.3 cm³/mol. The quantitative estimate of drug-likeness (QED) is 0.620. The summed E-state index contributed by atoms with van der Waals surface area (Å²) in [6.07, 6.45) is 1.67. The van der Waals surface area contributed by atoms with Gasteiger partial charge in [-0.3, -0.25) is 4.79 Å². The molecule has 0 unspecified atom stereocenters. The molecular formula is C9H10N2O. The minimum Gasteiger partial charge on any atom is -0.343 e. The first-order valence-electron chi connectivity index (χ1n) is 3.84. The van der Waals surface area contributed by atoms with E-state index in [0.717, 1.165) is 16.6 Å². The highest BCUT2D eigenvalue weighted by Crippen LogP contribution is 2.12. The molecule has 2 aromatic rings. The fourth-order valence-electron chi connectivity index (χ4n) is 1.45. The SMILES string of the molecule is Cc1cc2cc[nH]c(=O)c2n1C. The van der Waals surface area contributed by atoms with Gasteiger partial charge in [0.2, 0.25) is 0 Å². The van der Waals surface area contributed by atoms with E-state index in [1.54, 1.807) is 6.20 Å². The largest absolute Gasteiger partial charge is 0.343 e. The molecule has 2 heterocycles. The molecule has 0 spiro atoms. The summed E-state index contributed by atoms with van der Waals surface area (Å²) < 4.78 is 1.90. The molecule has 1 N–H and O–H groups in total. The average Bonchev–Trinajstić information content (AvgIpc) is 2.29. The molecule has 3 nitrogen and oxygen atoms in total. The maximum atomic E-state index is 11.3. The summed E-state index contributed by atoms with van der Waals surface area (Å²) >= 11 is 0. The van der Waals surface area contributed by atoms with Crippen LogP contribution in [0.2, 0.25) is 0 Å². The van der Waals surface area contributed by atoms with Crippen LogP contribution < -0.4 is 5.56 Å². The van der Waals surface area contributed by atoms with Gasteiger partial charge in [-0.15, -0.1) is 0 Å². The number of aromatic amines is 1. The number of nitrogens with zero attached hydrogens (tertiary/aromatic N) is 1. The zero-order valence-corrected chi connectivity index (χ0v) is 7.09. The molecule has 62 valence electrons. The highest BCUT2D eigenvalue weighted by molar-refractivity contribution is 5.79. The van der Waals surface area contributed by atoms with E-state index in [1.165, 1.54) is 0 Å². The van der Waals surface area contributed by atoms with E-state index in [-0.39, 0.29) is 5.56 Å². The van der Waals surface area contributed by atoms with Crippen molar-refractivity contribution in [1.29, 1.82) is 0 Å². The summed E-state index contributed by atoms with van der Waals surface area (Å²) in [5.41, 5.74) is 1.82. The molecule has 0 atom stereocenters. The van der Waals surface area contributed by atoms with Gasteiger partial charge in [-0.05, 0) is 19.1 Å². The topological polar surface area (TPSA) is 37.8 Å². The minimum absolute atomic E-state index is 0.0249. The van der Waals surface area contributed by atoms with Crippen LogP contribution in [0.25, 0.3) is 10.9 Å². The first-order chi connectivity index (χ1) is 5.70. The van der Waals surface area contributed by atoms with Gasteiger partial charge >= 0.3 is 0 Å². The van der Waals surface area contributed by atoms with Gasteiger partial charge in [-0.25, -0.2) is 0 Å². The number of fused-ring (bicyclic) bond motifs is 1. The van der Waals surface area contributed by atoms with E-state index in [1.807, 2.05) is 30.7 Å². The Labute approximate surface area is 69.6 Å². The number of nitrogens with one attached hydrogen (secondary N) is 1. The van der Waals surface area contributed by atoms with Gasteiger partial charge in [0.1, 0.15) is 5.52 Å². The predicted octanol–water partition coefficient (Wildman–Crippen LogP) is 1.18. The van der Waals surface area contributed by atoms with E-state index in [4.69, 9.17) is 0 Å². The number of aromatic nitrogens is 2. The summed E-state index contributed by atoms with van der Waals surface area (Å²) in [5, 5.41) is 0.999. The van der Waals surface area contributed by atoms with Gasteiger partial charge < -0.3 is 9.55 Å².